The molecule has 4 aromatic heterocycles. The molecule has 0 saturated heterocycles. The Balaban J connectivity index is 1.37. The highest BCUT2D eigenvalue weighted by Gasteiger charge is 2.30. The number of anilines is 1. The predicted molar refractivity (Wildman–Crippen MR) is 135 cm³/mol. The van der Waals surface area contributed by atoms with Crippen LogP contribution in [0.4, 0.5) is 5.13 Å². The van der Waals surface area contributed by atoms with Gasteiger partial charge in [0.25, 0.3) is 11.8 Å². The van der Waals surface area contributed by atoms with Gasteiger partial charge in [0.2, 0.25) is 0 Å². The molecule has 1 aliphatic heterocycles. The Bertz CT molecular complexity index is 1470. The number of nitrogens with one attached hydrogen (secondary N) is 1. The molecule has 1 N–H and O–H groups in total. The Morgan fingerprint density at radius 1 is 1.11 bits per heavy atom. The molecular weight excluding hydrogens is 502 g/mol. The largest absolute Gasteiger partial charge is 0.494 e. The first kappa shape index (κ1) is 23.9. The third-order valence-electron chi connectivity index (χ3n) is 5.91. The molecule has 0 aromatic carbocycles. The van der Waals surface area contributed by atoms with Crippen molar-refractivity contribution in [1.82, 2.24) is 29.6 Å². The van der Waals surface area contributed by atoms with Gasteiger partial charge in [-0.3, -0.25) is 24.6 Å². The molecule has 4 aromatic rings. The van der Waals surface area contributed by atoms with E-state index in [0.29, 0.717) is 46.4 Å². The lowest BCUT2D eigenvalue weighted by atomic mass is 10.0. The van der Waals surface area contributed by atoms with Gasteiger partial charge < -0.3 is 9.64 Å². The van der Waals surface area contributed by atoms with Gasteiger partial charge >= 0.3 is 0 Å². The van der Waals surface area contributed by atoms with E-state index in [1.165, 1.54) is 30.8 Å². The van der Waals surface area contributed by atoms with Gasteiger partial charge in [-0.15, -0.1) is 0 Å². The van der Waals surface area contributed by atoms with Gasteiger partial charge in [0, 0.05) is 30.1 Å². The van der Waals surface area contributed by atoms with Crippen molar-refractivity contribution >= 4 is 39.9 Å². The lowest BCUT2D eigenvalue weighted by Crippen LogP contribution is -2.28. The van der Waals surface area contributed by atoms with Crippen LogP contribution in [0.1, 0.15) is 42.7 Å². The molecule has 2 amide bonds. The minimum atomic E-state index is -0.363. The molecule has 1 aliphatic rings. The van der Waals surface area contributed by atoms with Crippen molar-refractivity contribution in [2.24, 2.45) is 7.05 Å². The van der Waals surface area contributed by atoms with Gasteiger partial charge in [0.1, 0.15) is 16.6 Å². The molecule has 0 radical (unpaired) electrons. The number of hydrogen-bond acceptors (Lipinski definition) is 8. The number of amides is 2. The molecule has 36 heavy (non-hydrogen) atoms. The second-order valence-electron chi connectivity index (χ2n) is 8.38. The van der Waals surface area contributed by atoms with Crippen LogP contribution in [0.2, 0.25) is 5.15 Å². The normalized spacial score (nSPS) is 12.5. The van der Waals surface area contributed by atoms with E-state index < -0.39 is 0 Å². The predicted octanol–water partition coefficient (Wildman–Crippen LogP) is 4.02. The first-order valence-electron chi connectivity index (χ1n) is 11.0. The molecule has 0 fully saturated rings. The van der Waals surface area contributed by atoms with Crippen molar-refractivity contribution in [3.05, 3.63) is 69.0 Å². The van der Waals surface area contributed by atoms with Crippen LogP contribution in [0, 0.1) is 13.8 Å². The zero-order valence-corrected chi connectivity index (χ0v) is 21.6. The summed E-state index contributed by atoms with van der Waals surface area (Å²) in [4.78, 5) is 41.9. The van der Waals surface area contributed by atoms with Crippen molar-refractivity contribution in [1.29, 1.82) is 0 Å². The van der Waals surface area contributed by atoms with E-state index in [9.17, 15) is 9.59 Å². The Morgan fingerprint density at radius 2 is 1.92 bits per heavy atom. The topological polar surface area (TPSA) is 115 Å². The van der Waals surface area contributed by atoms with Gasteiger partial charge in [-0.05, 0) is 31.5 Å². The van der Waals surface area contributed by atoms with Crippen molar-refractivity contribution in [2.75, 3.05) is 12.4 Å². The second kappa shape index (κ2) is 9.32. The van der Waals surface area contributed by atoms with E-state index in [0.717, 1.165) is 21.8 Å². The zero-order valence-electron chi connectivity index (χ0n) is 20.0. The number of fused-ring (bicyclic) bond motifs is 1. The highest BCUT2D eigenvalue weighted by molar-refractivity contribution is 7.16. The van der Waals surface area contributed by atoms with E-state index in [2.05, 4.69) is 25.4 Å². The lowest BCUT2D eigenvalue weighted by molar-refractivity contribution is 0.0738. The summed E-state index contributed by atoms with van der Waals surface area (Å²) in [5.41, 5.74) is 4.49. The van der Waals surface area contributed by atoms with Gasteiger partial charge in [0.05, 0.1) is 48.7 Å². The number of pyridine rings is 2. The number of rotatable bonds is 5. The number of methoxy groups -OCH3 is 1. The maximum atomic E-state index is 13.3. The summed E-state index contributed by atoms with van der Waals surface area (Å²) in [6, 6.07) is 3.45. The molecule has 0 unspecified atom stereocenters. The minimum Gasteiger partial charge on any atom is -0.494 e. The molecule has 184 valence electrons. The average molecular weight is 524 g/mol. The van der Waals surface area contributed by atoms with E-state index in [4.69, 9.17) is 16.3 Å². The number of hydrogen-bond donors (Lipinski definition) is 1. The van der Waals surface area contributed by atoms with Crippen molar-refractivity contribution in [3.63, 3.8) is 0 Å². The van der Waals surface area contributed by atoms with Crippen LogP contribution >= 0.6 is 22.9 Å². The van der Waals surface area contributed by atoms with E-state index in [1.54, 1.807) is 35.0 Å². The second-order valence-corrected chi connectivity index (χ2v) is 9.85. The maximum absolute atomic E-state index is 13.3. The van der Waals surface area contributed by atoms with Crippen LogP contribution in [0.5, 0.6) is 5.75 Å². The molecule has 5 rings (SSSR count). The fourth-order valence-electron chi connectivity index (χ4n) is 4.16. The van der Waals surface area contributed by atoms with Crippen LogP contribution in [0.25, 0.3) is 11.1 Å². The molecule has 0 spiro atoms. The molecule has 12 heteroatoms. The average Bonchev–Trinajstić information content (AvgIpc) is 3.51. The number of ether oxygens (including phenoxy) is 1. The summed E-state index contributed by atoms with van der Waals surface area (Å²) in [6.07, 6.45) is 4.71. The third-order valence-corrected chi connectivity index (χ3v) is 7.12. The number of carbonyl (C=O) groups excluding carboxylic acids is 2. The van der Waals surface area contributed by atoms with Crippen molar-refractivity contribution in [2.45, 2.75) is 26.9 Å². The molecule has 5 heterocycles. The number of aryl methyl sites for hydroxylation is 3. The van der Waals surface area contributed by atoms with Crippen LogP contribution in [0.3, 0.4) is 0 Å². The Labute approximate surface area is 215 Å². The monoisotopic (exact) mass is 523 g/mol. The first-order chi connectivity index (χ1) is 17.2. The van der Waals surface area contributed by atoms with Gasteiger partial charge in [-0.25, -0.2) is 9.97 Å². The van der Waals surface area contributed by atoms with Crippen LogP contribution < -0.4 is 10.1 Å². The molecule has 0 bridgehead atoms. The summed E-state index contributed by atoms with van der Waals surface area (Å²) in [5, 5.41) is 7.78. The van der Waals surface area contributed by atoms with Crippen molar-refractivity contribution in [3.8, 4) is 16.9 Å². The smallest absolute Gasteiger partial charge is 0.273 e. The maximum Gasteiger partial charge on any atom is 0.273 e. The SMILES string of the molecule is COc1cnc(Cl)cc1-c1cc(C)ncc1C(=O)Nc1nc2c(s1)CN(C(=O)c1c(C)cnn1C)C2. The summed E-state index contributed by atoms with van der Waals surface area (Å²) < 4.78 is 7.02. The van der Waals surface area contributed by atoms with Crippen LogP contribution in [0.15, 0.2) is 30.7 Å². The van der Waals surface area contributed by atoms with E-state index in [-0.39, 0.29) is 17.0 Å². The Morgan fingerprint density at radius 3 is 2.61 bits per heavy atom. The molecule has 0 saturated carbocycles. The summed E-state index contributed by atoms with van der Waals surface area (Å²) in [7, 11) is 3.28. The van der Waals surface area contributed by atoms with Crippen LogP contribution in [-0.4, -0.2) is 48.6 Å². The highest BCUT2D eigenvalue weighted by atomic mass is 35.5. The fraction of sp³-hybridized carbons (Fsp3) is 0.250. The fourth-order valence-corrected chi connectivity index (χ4v) is 5.30. The highest BCUT2D eigenvalue weighted by Crippen LogP contribution is 2.35. The standard InChI is InChI=1S/C24H22ClN7O3S/c1-12-7-28-31(3)21(12)23(34)32-10-17-19(11-32)36-24(29-17)30-22(33)16-8-26-13(2)5-14(16)15-6-20(25)27-9-18(15)35-4/h5-9H,10-11H2,1-4H3,(H,29,30,33). The van der Waals surface area contributed by atoms with Gasteiger partial charge in [-0.1, -0.05) is 22.9 Å². The zero-order chi connectivity index (χ0) is 25.6. The minimum absolute atomic E-state index is 0.0939. The third kappa shape index (κ3) is 4.31. The van der Waals surface area contributed by atoms with Crippen molar-refractivity contribution < 1.29 is 14.3 Å². The summed E-state index contributed by atoms with van der Waals surface area (Å²) >= 11 is 7.48. The first-order valence-corrected chi connectivity index (χ1v) is 12.2. The Hall–Kier alpha value is -3.83. The molecule has 0 aliphatic carbocycles. The number of nitrogens with zero attached hydrogens (tertiary/aromatic N) is 6. The lowest BCUT2D eigenvalue weighted by Gasteiger charge is -2.16. The summed E-state index contributed by atoms with van der Waals surface area (Å²) in [5.74, 6) is 0.0302. The number of thiazole rings is 1. The number of aromatic nitrogens is 5. The molecular formula is C24H22ClN7O3S. The summed E-state index contributed by atoms with van der Waals surface area (Å²) in [6.45, 7) is 4.50. The molecule has 10 nitrogen and oxygen atoms in total. The molecule has 0 atom stereocenters. The number of carbonyl (C=O) groups is 2. The van der Waals surface area contributed by atoms with Gasteiger partial charge in [-0.2, -0.15) is 5.10 Å². The quantitative estimate of drug-likeness (QED) is 0.393. The number of halogens is 1. The van der Waals surface area contributed by atoms with Gasteiger partial charge in [0.15, 0.2) is 5.13 Å². The van der Waals surface area contributed by atoms with E-state index >= 15 is 0 Å². The van der Waals surface area contributed by atoms with E-state index in [1.807, 2.05) is 13.8 Å². The van der Waals surface area contributed by atoms with Crippen LogP contribution in [-0.2, 0) is 20.1 Å². The Kier molecular flexibility index (Phi) is 6.19.